The van der Waals surface area contributed by atoms with E-state index in [4.69, 9.17) is 4.42 Å². The topological polar surface area (TPSA) is 103 Å². The Morgan fingerprint density at radius 1 is 1.53 bits per heavy atom. The Morgan fingerprint density at radius 2 is 2.18 bits per heavy atom. The van der Waals surface area contributed by atoms with E-state index in [1.165, 1.54) is 20.2 Å². The lowest BCUT2D eigenvalue weighted by Gasteiger charge is -2.13. The molecule has 1 aromatic rings. The summed E-state index contributed by atoms with van der Waals surface area (Å²) >= 11 is 0. The molecule has 0 aliphatic carbocycles. The molecular formula is C9H10N2O6. The van der Waals surface area contributed by atoms with E-state index in [1.54, 1.807) is 0 Å². The number of amides is 1. The number of nitro groups is 1. The van der Waals surface area contributed by atoms with E-state index in [-0.39, 0.29) is 12.3 Å². The second-order valence-electron chi connectivity index (χ2n) is 3.13. The molecule has 0 radical (unpaired) electrons. The summed E-state index contributed by atoms with van der Waals surface area (Å²) in [5.41, 5.74) is 0. The summed E-state index contributed by atoms with van der Waals surface area (Å²) in [5, 5.41) is 10.3. The van der Waals surface area contributed by atoms with E-state index in [9.17, 15) is 19.7 Å². The van der Waals surface area contributed by atoms with Crippen LogP contribution in [0.3, 0.4) is 0 Å². The molecule has 0 aliphatic heterocycles. The fraction of sp³-hybridized carbons (Fsp3) is 0.333. The first kappa shape index (κ1) is 12.7. The van der Waals surface area contributed by atoms with Gasteiger partial charge in [0.2, 0.25) is 0 Å². The van der Waals surface area contributed by atoms with Crippen LogP contribution in [-0.2, 0) is 9.53 Å². The van der Waals surface area contributed by atoms with Crippen molar-refractivity contribution in [2.24, 2.45) is 0 Å². The monoisotopic (exact) mass is 242 g/mol. The number of carbonyl (C=O) groups is 2. The Kier molecular flexibility index (Phi) is 3.81. The molecule has 1 heterocycles. The first-order chi connectivity index (χ1) is 7.95. The van der Waals surface area contributed by atoms with E-state index in [1.807, 2.05) is 0 Å². The molecule has 0 aliphatic rings. The lowest BCUT2D eigenvalue weighted by atomic mass is 10.4. The molecule has 0 saturated heterocycles. The largest absolute Gasteiger partial charge is 0.468 e. The molecule has 1 aromatic heterocycles. The molecule has 0 N–H and O–H groups in total. The number of furan rings is 1. The Bertz CT molecular complexity index is 452. The second kappa shape index (κ2) is 5.10. The van der Waals surface area contributed by atoms with Gasteiger partial charge >= 0.3 is 11.9 Å². The van der Waals surface area contributed by atoms with Gasteiger partial charge in [-0.2, -0.15) is 0 Å². The summed E-state index contributed by atoms with van der Waals surface area (Å²) in [5.74, 6) is -1.96. The van der Waals surface area contributed by atoms with Crippen molar-refractivity contribution in [1.29, 1.82) is 0 Å². The quantitative estimate of drug-likeness (QED) is 0.431. The minimum atomic E-state index is -0.753. The van der Waals surface area contributed by atoms with Gasteiger partial charge in [-0.25, -0.2) is 0 Å². The number of ether oxygens (including phenoxy) is 1. The fourth-order valence-corrected chi connectivity index (χ4v) is 1.06. The predicted molar refractivity (Wildman–Crippen MR) is 54.3 cm³/mol. The van der Waals surface area contributed by atoms with Crippen molar-refractivity contribution in [3.63, 3.8) is 0 Å². The van der Waals surface area contributed by atoms with Crippen LogP contribution in [0.15, 0.2) is 16.5 Å². The summed E-state index contributed by atoms with van der Waals surface area (Å²) in [6.07, 6.45) is 0. The van der Waals surface area contributed by atoms with Crippen molar-refractivity contribution >= 4 is 17.8 Å². The molecule has 17 heavy (non-hydrogen) atoms. The molecule has 8 heteroatoms. The average Bonchev–Trinajstić information content (AvgIpc) is 2.77. The molecule has 8 nitrogen and oxygen atoms in total. The molecule has 0 spiro atoms. The Morgan fingerprint density at radius 3 is 2.65 bits per heavy atom. The zero-order valence-electron chi connectivity index (χ0n) is 9.21. The Labute approximate surface area is 95.9 Å². The lowest BCUT2D eigenvalue weighted by molar-refractivity contribution is -0.402. The number of esters is 1. The highest BCUT2D eigenvalue weighted by atomic mass is 16.6. The van der Waals surface area contributed by atoms with Gasteiger partial charge < -0.3 is 14.1 Å². The Balaban J connectivity index is 2.74. The molecule has 0 aromatic carbocycles. The van der Waals surface area contributed by atoms with E-state index < -0.39 is 22.7 Å². The van der Waals surface area contributed by atoms with Crippen molar-refractivity contribution in [1.82, 2.24) is 4.90 Å². The molecule has 1 amide bonds. The first-order valence-electron chi connectivity index (χ1n) is 4.52. The van der Waals surface area contributed by atoms with Gasteiger partial charge in [0.1, 0.15) is 11.5 Å². The summed E-state index contributed by atoms with van der Waals surface area (Å²) in [7, 11) is 2.55. The van der Waals surface area contributed by atoms with E-state index in [0.717, 1.165) is 11.0 Å². The molecule has 92 valence electrons. The summed E-state index contributed by atoms with van der Waals surface area (Å²) < 4.78 is 9.08. The van der Waals surface area contributed by atoms with Crippen molar-refractivity contribution in [2.75, 3.05) is 20.7 Å². The van der Waals surface area contributed by atoms with Gasteiger partial charge in [0.05, 0.1) is 13.2 Å². The zero-order valence-corrected chi connectivity index (χ0v) is 9.21. The molecule has 0 saturated carbocycles. The van der Waals surface area contributed by atoms with Crippen LogP contribution in [0.4, 0.5) is 5.88 Å². The van der Waals surface area contributed by atoms with Crippen molar-refractivity contribution < 1.29 is 23.7 Å². The van der Waals surface area contributed by atoms with Crippen molar-refractivity contribution in [3.8, 4) is 0 Å². The standard InChI is InChI=1S/C9H10N2O6/c1-10(5-8(12)16-2)9(13)6-3-4-7(17-6)11(14)15/h3-4H,5H2,1-2H3. The van der Waals surface area contributed by atoms with Gasteiger partial charge in [0.15, 0.2) is 5.76 Å². The summed E-state index contributed by atoms with van der Waals surface area (Å²) in [6, 6.07) is 2.24. The molecule has 0 fully saturated rings. The van der Waals surface area contributed by atoms with Crippen LogP contribution in [0, 0.1) is 10.1 Å². The Hall–Kier alpha value is -2.38. The molecular weight excluding hydrogens is 232 g/mol. The molecule has 0 unspecified atom stereocenters. The summed E-state index contributed by atoms with van der Waals surface area (Å²) in [4.78, 5) is 33.2. The third kappa shape index (κ3) is 3.03. The highest BCUT2D eigenvalue weighted by Gasteiger charge is 2.21. The zero-order chi connectivity index (χ0) is 13.0. The highest BCUT2D eigenvalue weighted by molar-refractivity contribution is 5.93. The van der Waals surface area contributed by atoms with E-state index >= 15 is 0 Å². The van der Waals surface area contributed by atoms with Gasteiger partial charge in [-0.05, 0) is 6.07 Å². The number of methoxy groups -OCH3 is 1. The lowest BCUT2D eigenvalue weighted by Crippen LogP contribution is -2.32. The van der Waals surface area contributed by atoms with Gasteiger partial charge in [0, 0.05) is 7.05 Å². The highest BCUT2D eigenvalue weighted by Crippen LogP contribution is 2.16. The third-order valence-corrected chi connectivity index (χ3v) is 1.92. The van der Waals surface area contributed by atoms with Crippen LogP contribution in [0.5, 0.6) is 0 Å². The maximum Gasteiger partial charge on any atom is 0.433 e. The normalized spacial score (nSPS) is 9.76. The minimum Gasteiger partial charge on any atom is -0.468 e. The van der Waals surface area contributed by atoms with Crippen LogP contribution in [0.25, 0.3) is 0 Å². The van der Waals surface area contributed by atoms with Crippen LogP contribution in [-0.4, -0.2) is 42.4 Å². The van der Waals surface area contributed by atoms with Gasteiger partial charge in [-0.15, -0.1) is 0 Å². The van der Waals surface area contributed by atoms with Crippen LogP contribution < -0.4 is 0 Å². The third-order valence-electron chi connectivity index (χ3n) is 1.92. The van der Waals surface area contributed by atoms with Crippen molar-refractivity contribution in [3.05, 3.63) is 28.0 Å². The number of hydrogen-bond donors (Lipinski definition) is 0. The molecule has 0 bridgehead atoms. The van der Waals surface area contributed by atoms with Crippen LogP contribution >= 0.6 is 0 Å². The molecule has 1 rings (SSSR count). The van der Waals surface area contributed by atoms with Crippen LogP contribution in [0.2, 0.25) is 0 Å². The van der Waals surface area contributed by atoms with Crippen molar-refractivity contribution in [2.45, 2.75) is 0 Å². The van der Waals surface area contributed by atoms with Gasteiger partial charge in [-0.1, -0.05) is 0 Å². The second-order valence-corrected chi connectivity index (χ2v) is 3.13. The van der Waals surface area contributed by atoms with Gasteiger partial charge in [0.25, 0.3) is 5.91 Å². The smallest absolute Gasteiger partial charge is 0.433 e. The van der Waals surface area contributed by atoms with E-state index in [0.29, 0.717) is 0 Å². The maximum absolute atomic E-state index is 11.6. The predicted octanol–water partition coefficient (Wildman–Crippen LogP) is 0.433. The molecule has 0 atom stereocenters. The number of nitrogens with zero attached hydrogens (tertiary/aromatic N) is 2. The summed E-state index contributed by atoms with van der Waals surface area (Å²) in [6.45, 7) is -0.260. The van der Waals surface area contributed by atoms with E-state index in [2.05, 4.69) is 4.74 Å². The number of carbonyl (C=O) groups excluding carboxylic acids is 2. The van der Waals surface area contributed by atoms with Crippen LogP contribution in [0.1, 0.15) is 10.6 Å². The number of likely N-dealkylation sites (N-methyl/N-ethyl adjacent to an activating group) is 1. The fourth-order valence-electron chi connectivity index (χ4n) is 1.06. The minimum absolute atomic E-state index is 0.205. The number of rotatable bonds is 4. The number of hydrogen-bond acceptors (Lipinski definition) is 6. The maximum atomic E-state index is 11.6. The van der Waals surface area contributed by atoms with Gasteiger partial charge in [-0.3, -0.25) is 19.7 Å². The first-order valence-corrected chi connectivity index (χ1v) is 4.52. The SMILES string of the molecule is COC(=O)CN(C)C(=O)c1ccc([N+](=O)[O-])o1. The average molecular weight is 242 g/mol.